The van der Waals surface area contributed by atoms with E-state index in [4.69, 9.17) is 0 Å². The summed E-state index contributed by atoms with van der Waals surface area (Å²) >= 11 is 1.00. The minimum Gasteiger partial charge on any atom is -0.382 e. The fourth-order valence-corrected chi connectivity index (χ4v) is 4.51. The number of halogens is 2. The van der Waals surface area contributed by atoms with Crippen LogP contribution < -0.4 is 4.72 Å². The highest BCUT2D eigenvalue weighted by atomic mass is 32.2. The first-order valence-corrected chi connectivity index (χ1v) is 9.70. The van der Waals surface area contributed by atoms with Gasteiger partial charge in [-0.05, 0) is 17.5 Å². The summed E-state index contributed by atoms with van der Waals surface area (Å²) in [6, 6.07) is 5.65. The summed E-state index contributed by atoms with van der Waals surface area (Å²) in [5.41, 5.74) is -2.28. The van der Waals surface area contributed by atoms with Crippen LogP contribution in [0.2, 0.25) is 0 Å². The van der Waals surface area contributed by atoms with Crippen LogP contribution in [0.4, 0.5) is 8.78 Å². The second-order valence-electron chi connectivity index (χ2n) is 5.51. The van der Waals surface area contributed by atoms with E-state index in [1.807, 2.05) is 0 Å². The summed E-state index contributed by atoms with van der Waals surface area (Å²) in [4.78, 5) is 3.74. The van der Waals surface area contributed by atoms with Gasteiger partial charge < -0.3 is 5.11 Å². The predicted molar refractivity (Wildman–Crippen MR) is 89.8 cm³/mol. The third kappa shape index (κ3) is 3.96. The van der Waals surface area contributed by atoms with Gasteiger partial charge in [0.15, 0.2) is 0 Å². The van der Waals surface area contributed by atoms with Crippen LogP contribution in [0.1, 0.15) is 5.56 Å². The zero-order valence-corrected chi connectivity index (χ0v) is 14.8. The summed E-state index contributed by atoms with van der Waals surface area (Å²) in [5.74, 6) is -1.81. The van der Waals surface area contributed by atoms with Gasteiger partial charge in [-0.2, -0.15) is 5.10 Å². The Balaban J connectivity index is 1.93. The Labute approximate surface area is 152 Å². The van der Waals surface area contributed by atoms with E-state index in [0.717, 1.165) is 23.5 Å². The summed E-state index contributed by atoms with van der Waals surface area (Å²) in [5, 5.41) is 16.4. The second-order valence-corrected chi connectivity index (χ2v) is 8.45. The number of hydrogen-bond acceptors (Lipinski definition) is 6. The largest absolute Gasteiger partial charge is 0.382 e. The van der Waals surface area contributed by atoms with Gasteiger partial charge in [0.25, 0.3) is 0 Å². The minimum atomic E-state index is -3.89. The van der Waals surface area contributed by atoms with Crippen LogP contribution >= 0.6 is 11.3 Å². The molecular weight excluding hydrogens is 386 g/mol. The smallest absolute Gasteiger partial charge is 0.250 e. The van der Waals surface area contributed by atoms with Crippen LogP contribution in [0.25, 0.3) is 0 Å². The Morgan fingerprint density at radius 3 is 2.73 bits per heavy atom. The van der Waals surface area contributed by atoms with Crippen LogP contribution in [-0.4, -0.2) is 34.8 Å². The molecule has 1 atom stereocenters. The number of rotatable bonds is 7. The number of nitrogens with zero attached hydrogens (tertiary/aromatic N) is 3. The maximum Gasteiger partial charge on any atom is 0.250 e. The monoisotopic (exact) mass is 400 g/mol. The Kier molecular flexibility index (Phi) is 5.14. The van der Waals surface area contributed by atoms with E-state index >= 15 is 0 Å². The lowest BCUT2D eigenvalue weighted by atomic mass is 9.93. The Hall–Kier alpha value is -2.21. The van der Waals surface area contributed by atoms with Gasteiger partial charge in [-0.15, -0.1) is 11.3 Å². The molecule has 3 rings (SSSR count). The van der Waals surface area contributed by atoms with Gasteiger partial charge in [0.05, 0.1) is 6.54 Å². The number of aromatic nitrogens is 3. The molecule has 1 unspecified atom stereocenters. The molecule has 2 N–H and O–H groups in total. The van der Waals surface area contributed by atoms with Gasteiger partial charge in [-0.3, -0.25) is 0 Å². The van der Waals surface area contributed by atoms with Crippen LogP contribution in [0.3, 0.4) is 0 Å². The molecule has 0 aliphatic carbocycles. The molecule has 1 aromatic carbocycles. The topological polar surface area (TPSA) is 97.1 Å². The van der Waals surface area contributed by atoms with Gasteiger partial charge in [0.2, 0.25) is 10.0 Å². The van der Waals surface area contributed by atoms with Crippen molar-refractivity contribution in [3.63, 3.8) is 0 Å². The molecule has 3 aromatic rings. The van der Waals surface area contributed by atoms with Gasteiger partial charge in [-0.25, -0.2) is 31.6 Å². The molecule has 0 bridgehead atoms. The maximum atomic E-state index is 14.2. The summed E-state index contributed by atoms with van der Waals surface area (Å²) in [6.07, 6.45) is 2.51. The third-order valence-corrected chi connectivity index (χ3v) is 6.44. The van der Waals surface area contributed by atoms with Crippen LogP contribution in [0.5, 0.6) is 0 Å². The first-order chi connectivity index (χ1) is 12.3. The fourth-order valence-electron chi connectivity index (χ4n) is 2.39. The first kappa shape index (κ1) is 18.6. The number of sulfonamides is 1. The zero-order chi connectivity index (χ0) is 18.8. The SMILES string of the molecule is O=S(=O)(NCC(O)(Cn1cncn1)c1ccc(F)cc1F)c1cccs1. The molecule has 138 valence electrons. The molecule has 0 aliphatic heterocycles. The molecule has 0 fully saturated rings. The lowest BCUT2D eigenvalue weighted by molar-refractivity contribution is 0.0169. The lowest BCUT2D eigenvalue weighted by Gasteiger charge is -2.29. The standard InChI is InChI=1S/C15H14F2N4O3S2/c16-11-3-4-12(13(17)6-11)15(22,8-21-10-18-9-19-21)7-20-26(23,24)14-2-1-5-25-14/h1-6,9-10,20,22H,7-8H2. The van der Waals surface area contributed by atoms with E-state index < -0.39 is 33.8 Å². The van der Waals surface area contributed by atoms with Crippen molar-refractivity contribution in [2.24, 2.45) is 0 Å². The van der Waals surface area contributed by atoms with E-state index in [2.05, 4.69) is 14.8 Å². The Morgan fingerprint density at radius 2 is 2.12 bits per heavy atom. The van der Waals surface area contributed by atoms with Crippen molar-refractivity contribution >= 4 is 21.4 Å². The van der Waals surface area contributed by atoms with Crippen molar-refractivity contribution in [2.75, 3.05) is 6.54 Å². The molecule has 2 aromatic heterocycles. The van der Waals surface area contributed by atoms with Crippen molar-refractivity contribution in [1.29, 1.82) is 0 Å². The number of benzene rings is 1. The highest BCUT2D eigenvalue weighted by Gasteiger charge is 2.35. The molecule has 0 saturated carbocycles. The van der Waals surface area contributed by atoms with Crippen molar-refractivity contribution in [1.82, 2.24) is 19.5 Å². The van der Waals surface area contributed by atoms with Crippen molar-refractivity contribution in [3.05, 3.63) is 65.6 Å². The van der Waals surface area contributed by atoms with Crippen molar-refractivity contribution < 1.29 is 22.3 Å². The highest BCUT2D eigenvalue weighted by molar-refractivity contribution is 7.91. The summed E-state index contributed by atoms with van der Waals surface area (Å²) in [6.45, 7) is -0.835. The molecule has 0 radical (unpaired) electrons. The number of aliphatic hydroxyl groups is 1. The fraction of sp³-hybridized carbons (Fsp3) is 0.200. The summed E-state index contributed by atoms with van der Waals surface area (Å²) < 4.78 is 55.6. The molecule has 0 aliphatic rings. The lowest BCUT2D eigenvalue weighted by Crippen LogP contribution is -2.44. The molecule has 2 heterocycles. The van der Waals surface area contributed by atoms with Crippen molar-refractivity contribution in [3.8, 4) is 0 Å². The summed E-state index contributed by atoms with van der Waals surface area (Å²) in [7, 11) is -3.89. The molecule has 7 nitrogen and oxygen atoms in total. The normalized spacial score (nSPS) is 14.3. The van der Waals surface area contributed by atoms with E-state index in [-0.39, 0.29) is 16.3 Å². The average molecular weight is 400 g/mol. The molecule has 0 saturated heterocycles. The number of nitrogens with one attached hydrogen (secondary N) is 1. The minimum absolute atomic E-state index is 0.0557. The number of thiophene rings is 1. The van der Waals surface area contributed by atoms with Crippen LogP contribution in [-0.2, 0) is 22.2 Å². The second kappa shape index (κ2) is 7.19. The third-order valence-electron chi connectivity index (χ3n) is 3.64. The van der Waals surface area contributed by atoms with Gasteiger partial charge in [0.1, 0.15) is 34.1 Å². The predicted octanol–water partition coefficient (Wildman–Crippen LogP) is 1.48. The van der Waals surface area contributed by atoms with Crippen LogP contribution in [0.15, 0.2) is 52.6 Å². The quantitative estimate of drug-likeness (QED) is 0.626. The Bertz CT molecular complexity index is 979. The number of hydrogen-bond donors (Lipinski definition) is 2. The first-order valence-electron chi connectivity index (χ1n) is 7.34. The van der Waals surface area contributed by atoms with Gasteiger partial charge in [0, 0.05) is 18.2 Å². The molecule has 26 heavy (non-hydrogen) atoms. The molecule has 0 amide bonds. The van der Waals surface area contributed by atoms with E-state index in [0.29, 0.717) is 6.07 Å². The van der Waals surface area contributed by atoms with Gasteiger partial charge >= 0.3 is 0 Å². The van der Waals surface area contributed by atoms with E-state index in [1.165, 1.54) is 23.4 Å². The van der Waals surface area contributed by atoms with Gasteiger partial charge in [-0.1, -0.05) is 12.1 Å². The van der Waals surface area contributed by atoms with E-state index in [9.17, 15) is 22.3 Å². The molecule has 0 spiro atoms. The Morgan fingerprint density at radius 1 is 1.31 bits per heavy atom. The van der Waals surface area contributed by atoms with E-state index in [1.54, 1.807) is 11.4 Å². The van der Waals surface area contributed by atoms with Crippen LogP contribution in [0, 0.1) is 11.6 Å². The zero-order valence-electron chi connectivity index (χ0n) is 13.2. The molecular formula is C15H14F2N4O3S2. The molecule has 11 heteroatoms. The highest BCUT2D eigenvalue weighted by Crippen LogP contribution is 2.27. The van der Waals surface area contributed by atoms with Crippen molar-refractivity contribution in [2.45, 2.75) is 16.4 Å². The average Bonchev–Trinajstić information content (AvgIpc) is 3.27. The maximum absolute atomic E-state index is 14.2.